The SMILES string of the molecule is CC1CN(C(=O)c2ccccc2NN)CC1C. The molecule has 1 fully saturated rings. The predicted molar refractivity (Wildman–Crippen MR) is 68.5 cm³/mol. The van der Waals surface area contributed by atoms with Crippen LogP contribution in [0, 0.1) is 11.8 Å². The Morgan fingerprint density at radius 2 is 1.88 bits per heavy atom. The summed E-state index contributed by atoms with van der Waals surface area (Å²) in [5.41, 5.74) is 3.91. The van der Waals surface area contributed by atoms with Gasteiger partial charge in [-0.15, -0.1) is 0 Å². The van der Waals surface area contributed by atoms with Crippen molar-refractivity contribution in [2.45, 2.75) is 13.8 Å². The number of hydrogen-bond acceptors (Lipinski definition) is 3. The molecule has 17 heavy (non-hydrogen) atoms. The van der Waals surface area contributed by atoms with Crippen LogP contribution in [0.1, 0.15) is 24.2 Å². The molecule has 2 rings (SSSR count). The summed E-state index contributed by atoms with van der Waals surface area (Å²) in [5, 5.41) is 0. The standard InChI is InChI=1S/C13H19N3O/c1-9-7-16(8-10(9)2)13(17)11-5-3-4-6-12(11)15-14/h3-6,9-10,15H,7-8,14H2,1-2H3. The number of hydrazine groups is 1. The minimum Gasteiger partial charge on any atom is -0.338 e. The number of benzene rings is 1. The highest BCUT2D eigenvalue weighted by Gasteiger charge is 2.30. The lowest BCUT2D eigenvalue weighted by Crippen LogP contribution is -2.30. The van der Waals surface area contributed by atoms with Gasteiger partial charge in [-0.3, -0.25) is 10.6 Å². The van der Waals surface area contributed by atoms with E-state index in [9.17, 15) is 4.79 Å². The van der Waals surface area contributed by atoms with Crippen molar-refractivity contribution in [2.75, 3.05) is 18.5 Å². The van der Waals surface area contributed by atoms with Crippen LogP contribution >= 0.6 is 0 Å². The first-order chi connectivity index (χ1) is 8.13. The fraction of sp³-hybridized carbons (Fsp3) is 0.462. The molecule has 2 unspecified atom stereocenters. The highest BCUT2D eigenvalue weighted by atomic mass is 16.2. The number of likely N-dealkylation sites (tertiary alicyclic amines) is 1. The maximum atomic E-state index is 12.3. The number of para-hydroxylation sites is 1. The summed E-state index contributed by atoms with van der Waals surface area (Å²) in [5.74, 6) is 6.62. The minimum atomic E-state index is 0.0646. The number of carbonyl (C=O) groups excluding carboxylic acids is 1. The third-order valence-electron chi connectivity index (χ3n) is 3.59. The molecule has 4 nitrogen and oxygen atoms in total. The van der Waals surface area contributed by atoms with E-state index >= 15 is 0 Å². The van der Waals surface area contributed by atoms with Gasteiger partial charge in [0.15, 0.2) is 0 Å². The van der Waals surface area contributed by atoms with Crippen molar-refractivity contribution in [3.8, 4) is 0 Å². The average molecular weight is 233 g/mol. The van der Waals surface area contributed by atoms with E-state index in [1.165, 1.54) is 0 Å². The van der Waals surface area contributed by atoms with Crippen molar-refractivity contribution in [2.24, 2.45) is 17.7 Å². The number of nitrogen functional groups attached to an aromatic ring is 1. The average Bonchev–Trinajstić information content (AvgIpc) is 2.68. The van der Waals surface area contributed by atoms with Crippen LogP contribution in [-0.2, 0) is 0 Å². The molecule has 1 amide bonds. The summed E-state index contributed by atoms with van der Waals surface area (Å²) in [6, 6.07) is 7.35. The molecule has 2 atom stereocenters. The molecule has 1 heterocycles. The van der Waals surface area contributed by atoms with Crippen LogP contribution in [0.2, 0.25) is 0 Å². The Morgan fingerprint density at radius 3 is 2.47 bits per heavy atom. The van der Waals surface area contributed by atoms with Gasteiger partial charge in [0.1, 0.15) is 0 Å². The van der Waals surface area contributed by atoms with E-state index in [1.807, 2.05) is 29.2 Å². The Labute approximate surface area is 102 Å². The molecule has 1 aromatic carbocycles. The Bertz CT molecular complexity index is 409. The van der Waals surface area contributed by atoms with Crippen LogP contribution in [0.15, 0.2) is 24.3 Å². The van der Waals surface area contributed by atoms with Crippen LogP contribution in [-0.4, -0.2) is 23.9 Å². The summed E-state index contributed by atoms with van der Waals surface area (Å²) in [6.07, 6.45) is 0. The van der Waals surface area contributed by atoms with Gasteiger partial charge < -0.3 is 10.3 Å². The number of nitrogens with zero attached hydrogens (tertiary/aromatic N) is 1. The van der Waals surface area contributed by atoms with Gasteiger partial charge >= 0.3 is 0 Å². The van der Waals surface area contributed by atoms with E-state index in [-0.39, 0.29) is 5.91 Å². The zero-order chi connectivity index (χ0) is 12.4. The van der Waals surface area contributed by atoms with E-state index in [0.29, 0.717) is 23.1 Å². The molecule has 0 bridgehead atoms. The van der Waals surface area contributed by atoms with Gasteiger partial charge in [-0.2, -0.15) is 0 Å². The van der Waals surface area contributed by atoms with Crippen LogP contribution in [0.5, 0.6) is 0 Å². The number of hydrogen-bond donors (Lipinski definition) is 2. The minimum absolute atomic E-state index is 0.0646. The van der Waals surface area contributed by atoms with Crippen molar-refractivity contribution in [1.29, 1.82) is 0 Å². The van der Waals surface area contributed by atoms with E-state index in [4.69, 9.17) is 5.84 Å². The summed E-state index contributed by atoms with van der Waals surface area (Å²) < 4.78 is 0. The summed E-state index contributed by atoms with van der Waals surface area (Å²) in [4.78, 5) is 14.3. The lowest BCUT2D eigenvalue weighted by molar-refractivity contribution is 0.0786. The highest BCUT2D eigenvalue weighted by Crippen LogP contribution is 2.25. The number of amides is 1. The first-order valence-electron chi connectivity index (χ1n) is 5.98. The summed E-state index contributed by atoms with van der Waals surface area (Å²) in [6.45, 7) is 6.04. The Morgan fingerprint density at radius 1 is 1.29 bits per heavy atom. The largest absolute Gasteiger partial charge is 0.338 e. The molecule has 0 aromatic heterocycles. The molecule has 3 N–H and O–H groups in total. The Kier molecular flexibility index (Phi) is 3.33. The van der Waals surface area contributed by atoms with Gasteiger partial charge in [-0.1, -0.05) is 26.0 Å². The molecule has 1 saturated heterocycles. The monoisotopic (exact) mass is 233 g/mol. The number of anilines is 1. The Hall–Kier alpha value is -1.55. The van der Waals surface area contributed by atoms with Gasteiger partial charge in [0.2, 0.25) is 0 Å². The van der Waals surface area contributed by atoms with Gasteiger partial charge in [0.05, 0.1) is 11.3 Å². The molecule has 0 aliphatic carbocycles. The normalized spacial score (nSPS) is 23.8. The maximum Gasteiger partial charge on any atom is 0.256 e. The molecule has 1 aromatic rings. The van der Waals surface area contributed by atoms with Crippen molar-refractivity contribution in [1.82, 2.24) is 4.90 Å². The van der Waals surface area contributed by atoms with Crippen molar-refractivity contribution < 1.29 is 4.79 Å². The molecular weight excluding hydrogens is 214 g/mol. The van der Waals surface area contributed by atoms with Gasteiger partial charge in [-0.05, 0) is 24.0 Å². The smallest absolute Gasteiger partial charge is 0.256 e. The zero-order valence-electron chi connectivity index (χ0n) is 10.3. The third-order valence-corrected chi connectivity index (χ3v) is 3.59. The fourth-order valence-corrected chi connectivity index (χ4v) is 2.26. The lowest BCUT2D eigenvalue weighted by atomic mass is 10.0. The zero-order valence-corrected chi connectivity index (χ0v) is 10.3. The lowest BCUT2D eigenvalue weighted by Gasteiger charge is -2.18. The maximum absolute atomic E-state index is 12.3. The van der Waals surface area contributed by atoms with E-state index in [1.54, 1.807) is 0 Å². The second-order valence-corrected chi connectivity index (χ2v) is 4.85. The third kappa shape index (κ3) is 2.26. The van der Waals surface area contributed by atoms with Gasteiger partial charge in [-0.25, -0.2) is 0 Å². The van der Waals surface area contributed by atoms with Crippen LogP contribution in [0.4, 0.5) is 5.69 Å². The first kappa shape index (κ1) is 11.9. The van der Waals surface area contributed by atoms with E-state index in [0.717, 1.165) is 13.1 Å². The topological polar surface area (TPSA) is 58.4 Å². The number of carbonyl (C=O) groups is 1. The number of nitrogens with two attached hydrogens (primary N) is 1. The van der Waals surface area contributed by atoms with Gasteiger partial charge in [0.25, 0.3) is 5.91 Å². The van der Waals surface area contributed by atoms with Crippen LogP contribution in [0.25, 0.3) is 0 Å². The second kappa shape index (κ2) is 4.75. The molecule has 92 valence electrons. The quantitative estimate of drug-likeness (QED) is 0.604. The summed E-state index contributed by atoms with van der Waals surface area (Å²) in [7, 11) is 0. The van der Waals surface area contributed by atoms with Crippen molar-refractivity contribution in [3.05, 3.63) is 29.8 Å². The van der Waals surface area contributed by atoms with Crippen LogP contribution < -0.4 is 11.3 Å². The van der Waals surface area contributed by atoms with E-state index < -0.39 is 0 Å². The molecule has 1 aliphatic rings. The number of rotatable bonds is 2. The second-order valence-electron chi connectivity index (χ2n) is 4.85. The molecule has 0 saturated carbocycles. The highest BCUT2D eigenvalue weighted by molar-refractivity contribution is 5.99. The summed E-state index contributed by atoms with van der Waals surface area (Å²) >= 11 is 0. The van der Waals surface area contributed by atoms with E-state index in [2.05, 4.69) is 19.3 Å². The Balaban J connectivity index is 2.20. The van der Waals surface area contributed by atoms with Crippen LogP contribution in [0.3, 0.4) is 0 Å². The molecule has 1 aliphatic heterocycles. The van der Waals surface area contributed by atoms with Gasteiger partial charge in [0, 0.05) is 13.1 Å². The predicted octanol–water partition coefficient (Wildman–Crippen LogP) is 1.70. The molecule has 0 radical (unpaired) electrons. The fourth-order valence-electron chi connectivity index (χ4n) is 2.26. The molecule has 4 heteroatoms. The molecular formula is C13H19N3O. The van der Waals surface area contributed by atoms with Crippen molar-refractivity contribution in [3.63, 3.8) is 0 Å². The van der Waals surface area contributed by atoms with Crippen molar-refractivity contribution >= 4 is 11.6 Å². The number of nitrogens with one attached hydrogen (secondary N) is 1. The molecule has 0 spiro atoms. The first-order valence-corrected chi connectivity index (χ1v) is 5.98.